The third-order valence-electron chi connectivity index (χ3n) is 4.61. The van der Waals surface area contributed by atoms with Gasteiger partial charge in [0.2, 0.25) is 0 Å². The summed E-state index contributed by atoms with van der Waals surface area (Å²) in [7, 11) is 0. The number of pyridine rings is 1. The zero-order valence-corrected chi connectivity index (χ0v) is 15.1. The number of nitrogen functional groups attached to an aromatic ring is 1. The van der Waals surface area contributed by atoms with Crippen LogP contribution in [0.4, 0.5) is 11.5 Å². The zero-order valence-electron chi connectivity index (χ0n) is 15.1. The maximum atomic E-state index is 13.2. The van der Waals surface area contributed by atoms with E-state index in [0.29, 0.717) is 39.5 Å². The van der Waals surface area contributed by atoms with Crippen molar-refractivity contribution in [2.24, 2.45) is 0 Å². The molecule has 0 bridgehead atoms. The molecule has 0 aliphatic heterocycles. The first-order valence-electron chi connectivity index (χ1n) is 9.09. The Morgan fingerprint density at radius 2 is 2.15 bits per heavy atom. The van der Waals surface area contributed by atoms with Crippen LogP contribution in [-0.2, 0) is 0 Å². The number of nitriles is 1. The van der Waals surface area contributed by atoms with Gasteiger partial charge in [0, 0.05) is 24.2 Å². The number of nitrogens with zero attached hydrogens (tertiary/aromatic N) is 4. The highest BCUT2D eigenvalue weighted by Crippen LogP contribution is 2.37. The van der Waals surface area contributed by atoms with Crippen LogP contribution in [0.25, 0.3) is 22.4 Å². The number of hydrogen-bond acceptors (Lipinski definition) is 6. The van der Waals surface area contributed by atoms with Crippen LogP contribution in [0.3, 0.4) is 0 Å². The number of rotatable bonds is 5. The number of anilines is 2. The number of benzene rings is 1. The molecule has 0 atom stereocenters. The van der Waals surface area contributed by atoms with E-state index in [1.165, 1.54) is 0 Å². The minimum absolute atomic E-state index is 0.120. The lowest BCUT2D eigenvalue weighted by Gasteiger charge is -2.14. The van der Waals surface area contributed by atoms with Crippen LogP contribution in [0, 0.1) is 11.3 Å². The van der Waals surface area contributed by atoms with Gasteiger partial charge in [-0.25, -0.2) is 9.97 Å². The van der Waals surface area contributed by atoms with Crippen molar-refractivity contribution in [2.75, 3.05) is 17.6 Å². The van der Waals surface area contributed by atoms with Crippen molar-refractivity contribution in [3.8, 4) is 17.3 Å². The molecule has 1 fully saturated rings. The molecule has 1 aliphatic carbocycles. The van der Waals surface area contributed by atoms with E-state index < -0.39 is 0 Å². The molecule has 3 aromatic rings. The van der Waals surface area contributed by atoms with Crippen molar-refractivity contribution >= 4 is 22.7 Å². The fraction of sp³-hybridized carbons (Fsp3) is 0.300. The summed E-state index contributed by atoms with van der Waals surface area (Å²) in [6.45, 7) is 2.85. The molecule has 2 aromatic heterocycles. The van der Waals surface area contributed by atoms with Gasteiger partial charge in [-0.3, -0.25) is 9.36 Å². The van der Waals surface area contributed by atoms with E-state index in [0.717, 1.165) is 25.8 Å². The van der Waals surface area contributed by atoms with Crippen molar-refractivity contribution in [1.82, 2.24) is 14.5 Å². The quantitative estimate of drug-likeness (QED) is 0.723. The highest BCUT2D eigenvalue weighted by atomic mass is 16.1. The van der Waals surface area contributed by atoms with Gasteiger partial charge in [-0.05, 0) is 31.4 Å². The predicted octanol–water partition coefficient (Wildman–Crippen LogP) is 3.07. The molecule has 1 aliphatic rings. The highest BCUT2D eigenvalue weighted by molar-refractivity contribution is 5.88. The Labute approximate surface area is 156 Å². The molecule has 0 unspecified atom stereocenters. The van der Waals surface area contributed by atoms with E-state index in [9.17, 15) is 4.79 Å². The molecule has 27 heavy (non-hydrogen) atoms. The van der Waals surface area contributed by atoms with Gasteiger partial charge in [0.25, 0.3) is 5.56 Å². The first-order chi connectivity index (χ1) is 13.1. The van der Waals surface area contributed by atoms with Gasteiger partial charge in [0.15, 0.2) is 5.65 Å². The van der Waals surface area contributed by atoms with E-state index in [2.05, 4.69) is 28.3 Å². The number of nitrogens with one attached hydrogen (secondary N) is 1. The number of aromatic nitrogens is 3. The van der Waals surface area contributed by atoms with Gasteiger partial charge in [0.1, 0.15) is 17.0 Å². The van der Waals surface area contributed by atoms with E-state index in [1.807, 2.05) is 0 Å². The van der Waals surface area contributed by atoms with E-state index in [-0.39, 0.29) is 11.6 Å². The summed E-state index contributed by atoms with van der Waals surface area (Å²) in [6, 6.07) is 10.9. The molecule has 0 saturated heterocycles. The lowest BCUT2D eigenvalue weighted by molar-refractivity contribution is 0.726. The largest absolute Gasteiger partial charge is 0.397 e. The van der Waals surface area contributed by atoms with E-state index >= 15 is 0 Å². The standard InChI is InChI=1S/C20H20N6O/c1-2-8-23-16-10-15(22)18-19(24-16)26(14-6-7-14)20(27)17(25-18)13-5-3-4-12(9-13)11-21/h3-5,9-10,14H,2,6-8H2,1H3,(H3,22,23,24). The molecule has 0 radical (unpaired) electrons. The zero-order chi connectivity index (χ0) is 19.0. The summed E-state index contributed by atoms with van der Waals surface area (Å²) in [5.74, 6) is 0.650. The second-order valence-corrected chi connectivity index (χ2v) is 6.76. The van der Waals surface area contributed by atoms with Crippen molar-refractivity contribution in [1.29, 1.82) is 5.26 Å². The fourth-order valence-corrected chi connectivity index (χ4v) is 3.14. The normalized spacial score (nSPS) is 13.5. The van der Waals surface area contributed by atoms with Crippen LogP contribution in [-0.4, -0.2) is 21.1 Å². The summed E-state index contributed by atoms with van der Waals surface area (Å²) in [5.41, 5.74) is 8.97. The molecule has 0 amide bonds. The van der Waals surface area contributed by atoms with E-state index in [4.69, 9.17) is 11.0 Å². The van der Waals surface area contributed by atoms with Gasteiger partial charge in [-0.2, -0.15) is 5.26 Å². The minimum atomic E-state index is -0.195. The van der Waals surface area contributed by atoms with Crippen LogP contribution >= 0.6 is 0 Å². The van der Waals surface area contributed by atoms with Crippen molar-refractivity contribution in [3.63, 3.8) is 0 Å². The third-order valence-corrected chi connectivity index (χ3v) is 4.61. The Balaban J connectivity index is 1.97. The van der Waals surface area contributed by atoms with Crippen LogP contribution in [0.5, 0.6) is 0 Å². The van der Waals surface area contributed by atoms with Gasteiger partial charge in [0.05, 0.1) is 17.3 Å². The van der Waals surface area contributed by atoms with Crippen LogP contribution in [0.15, 0.2) is 35.1 Å². The Morgan fingerprint density at radius 1 is 1.33 bits per heavy atom. The van der Waals surface area contributed by atoms with Gasteiger partial charge < -0.3 is 11.1 Å². The van der Waals surface area contributed by atoms with Gasteiger partial charge in [-0.15, -0.1) is 0 Å². The summed E-state index contributed by atoms with van der Waals surface area (Å²) in [5, 5.41) is 12.4. The van der Waals surface area contributed by atoms with Crippen LogP contribution in [0.1, 0.15) is 37.8 Å². The highest BCUT2D eigenvalue weighted by Gasteiger charge is 2.29. The molecular formula is C20H20N6O. The average molecular weight is 360 g/mol. The summed E-state index contributed by atoms with van der Waals surface area (Å²) >= 11 is 0. The molecule has 2 heterocycles. The van der Waals surface area contributed by atoms with E-state index in [1.54, 1.807) is 34.9 Å². The molecule has 1 saturated carbocycles. The molecule has 4 rings (SSSR count). The molecule has 7 nitrogen and oxygen atoms in total. The third kappa shape index (κ3) is 3.10. The first kappa shape index (κ1) is 17.0. The second-order valence-electron chi connectivity index (χ2n) is 6.76. The Morgan fingerprint density at radius 3 is 2.85 bits per heavy atom. The summed E-state index contributed by atoms with van der Waals surface area (Å²) in [6.07, 6.45) is 2.83. The number of fused-ring (bicyclic) bond motifs is 1. The number of hydrogen-bond donors (Lipinski definition) is 2. The van der Waals surface area contributed by atoms with Crippen molar-refractivity contribution in [2.45, 2.75) is 32.2 Å². The lowest BCUT2D eigenvalue weighted by Crippen LogP contribution is -2.24. The topological polar surface area (TPSA) is 110 Å². The van der Waals surface area contributed by atoms with Crippen molar-refractivity contribution in [3.05, 3.63) is 46.2 Å². The van der Waals surface area contributed by atoms with Gasteiger partial charge in [-0.1, -0.05) is 19.1 Å². The SMILES string of the molecule is CCCNc1cc(N)c2nc(-c3cccc(C#N)c3)c(=O)n(C3CC3)c2n1. The Kier molecular flexibility index (Phi) is 4.24. The van der Waals surface area contributed by atoms with Crippen molar-refractivity contribution < 1.29 is 0 Å². The van der Waals surface area contributed by atoms with Gasteiger partial charge >= 0.3 is 0 Å². The first-order valence-corrected chi connectivity index (χ1v) is 9.09. The second kappa shape index (κ2) is 6.72. The minimum Gasteiger partial charge on any atom is -0.397 e. The molecular weight excluding hydrogens is 340 g/mol. The molecule has 3 N–H and O–H groups in total. The van der Waals surface area contributed by atoms with Crippen LogP contribution < -0.4 is 16.6 Å². The maximum Gasteiger partial charge on any atom is 0.279 e. The predicted molar refractivity (Wildman–Crippen MR) is 105 cm³/mol. The molecule has 136 valence electrons. The Hall–Kier alpha value is -3.40. The monoisotopic (exact) mass is 360 g/mol. The lowest BCUT2D eigenvalue weighted by atomic mass is 10.1. The molecule has 1 aromatic carbocycles. The smallest absolute Gasteiger partial charge is 0.279 e. The number of nitrogens with two attached hydrogens (primary N) is 1. The maximum absolute atomic E-state index is 13.2. The van der Waals surface area contributed by atoms with Crippen LogP contribution in [0.2, 0.25) is 0 Å². The fourth-order valence-electron chi connectivity index (χ4n) is 3.14. The molecule has 0 spiro atoms. The Bertz CT molecular complexity index is 1120. The average Bonchev–Trinajstić information content (AvgIpc) is 3.51. The summed E-state index contributed by atoms with van der Waals surface area (Å²) < 4.78 is 1.71. The molecule has 7 heteroatoms. The summed E-state index contributed by atoms with van der Waals surface area (Å²) in [4.78, 5) is 22.4.